The van der Waals surface area contributed by atoms with Crippen LogP contribution in [-0.2, 0) is 0 Å². The number of aryl methyl sites for hydroxylation is 2. The van der Waals surface area contributed by atoms with Crippen LogP contribution >= 0.6 is 22.9 Å². The molecule has 0 aliphatic carbocycles. The number of hydrogen-bond acceptors (Lipinski definition) is 3. The van der Waals surface area contributed by atoms with Crippen molar-refractivity contribution in [3.8, 4) is 0 Å². The number of fused-ring (bicyclic) bond motifs is 1. The standard InChI is InChI=1S/C17H18ClNOS/c1-4-19-17(16-7-10(2)11(3)21-16)15-9-12-8-13(18)5-6-14(12)20-15/h5-9,17,19H,4H2,1-3H3. The highest BCUT2D eigenvalue weighted by Crippen LogP contribution is 2.34. The van der Waals surface area contributed by atoms with E-state index in [4.69, 9.17) is 16.0 Å². The molecule has 2 nitrogen and oxygen atoms in total. The van der Waals surface area contributed by atoms with Crippen LogP contribution in [0.1, 0.15) is 34.0 Å². The number of hydrogen-bond donors (Lipinski definition) is 1. The van der Waals surface area contributed by atoms with E-state index >= 15 is 0 Å². The predicted octanol–water partition coefficient (Wildman–Crippen LogP) is 5.46. The SMILES string of the molecule is CCNC(c1cc2cc(Cl)ccc2o1)c1cc(C)c(C)s1. The van der Waals surface area contributed by atoms with Gasteiger partial charge in [-0.2, -0.15) is 0 Å². The highest BCUT2D eigenvalue weighted by molar-refractivity contribution is 7.12. The molecular weight excluding hydrogens is 302 g/mol. The normalized spacial score (nSPS) is 13.0. The van der Waals surface area contributed by atoms with Crippen LogP contribution in [0.15, 0.2) is 34.7 Å². The zero-order valence-corrected chi connectivity index (χ0v) is 13.9. The molecule has 1 aromatic carbocycles. The molecule has 0 fully saturated rings. The summed E-state index contributed by atoms with van der Waals surface area (Å²) in [4.78, 5) is 2.64. The van der Waals surface area contributed by atoms with Crippen LogP contribution in [0.3, 0.4) is 0 Å². The molecule has 0 saturated heterocycles. The number of furan rings is 1. The third kappa shape index (κ3) is 2.86. The lowest BCUT2D eigenvalue weighted by atomic mass is 10.1. The van der Waals surface area contributed by atoms with Crippen LogP contribution in [0.25, 0.3) is 11.0 Å². The fourth-order valence-corrected chi connectivity index (χ4v) is 3.77. The van der Waals surface area contributed by atoms with E-state index in [2.05, 4.69) is 38.2 Å². The van der Waals surface area contributed by atoms with E-state index in [0.29, 0.717) is 0 Å². The van der Waals surface area contributed by atoms with Gasteiger partial charge in [0.2, 0.25) is 0 Å². The van der Waals surface area contributed by atoms with Gasteiger partial charge in [0.1, 0.15) is 17.4 Å². The van der Waals surface area contributed by atoms with Crippen molar-refractivity contribution in [2.75, 3.05) is 6.54 Å². The maximum atomic E-state index is 6.05. The Morgan fingerprint density at radius 2 is 2.05 bits per heavy atom. The molecule has 0 bridgehead atoms. The molecule has 1 unspecified atom stereocenters. The van der Waals surface area contributed by atoms with Gasteiger partial charge in [-0.25, -0.2) is 0 Å². The first-order valence-electron chi connectivity index (χ1n) is 7.07. The van der Waals surface area contributed by atoms with Gasteiger partial charge in [0.25, 0.3) is 0 Å². The van der Waals surface area contributed by atoms with Gasteiger partial charge in [0, 0.05) is 20.2 Å². The minimum Gasteiger partial charge on any atom is -0.459 e. The predicted molar refractivity (Wildman–Crippen MR) is 90.5 cm³/mol. The molecule has 3 rings (SSSR count). The molecule has 4 heteroatoms. The molecule has 0 spiro atoms. The van der Waals surface area contributed by atoms with Gasteiger partial charge in [-0.15, -0.1) is 11.3 Å². The van der Waals surface area contributed by atoms with Gasteiger partial charge in [-0.05, 0) is 56.3 Å². The molecule has 0 aliphatic rings. The number of halogens is 1. The fraction of sp³-hybridized carbons (Fsp3) is 0.294. The van der Waals surface area contributed by atoms with Gasteiger partial charge < -0.3 is 9.73 Å². The Balaban J connectivity index is 2.06. The molecule has 2 aromatic heterocycles. The number of nitrogens with one attached hydrogen (secondary N) is 1. The minimum absolute atomic E-state index is 0.0959. The summed E-state index contributed by atoms with van der Waals surface area (Å²) in [5.74, 6) is 0.940. The summed E-state index contributed by atoms with van der Waals surface area (Å²) in [5, 5.41) is 5.30. The largest absolute Gasteiger partial charge is 0.459 e. The Morgan fingerprint density at radius 1 is 1.24 bits per heavy atom. The Hall–Kier alpha value is -1.29. The third-order valence-corrected chi connectivity index (χ3v) is 5.11. The first-order valence-corrected chi connectivity index (χ1v) is 8.27. The first-order chi connectivity index (χ1) is 10.1. The first kappa shape index (κ1) is 14.6. The van der Waals surface area contributed by atoms with Gasteiger partial charge in [-0.3, -0.25) is 0 Å². The van der Waals surface area contributed by atoms with Crippen LogP contribution in [-0.4, -0.2) is 6.54 Å². The zero-order valence-electron chi connectivity index (χ0n) is 12.4. The van der Waals surface area contributed by atoms with Crippen molar-refractivity contribution >= 4 is 33.9 Å². The Kier molecular flexibility index (Phi) is 4.07. The Bertz CT molecular complexity index is 755. The molecule has 3 aromatic rings. The van der Waals surface area contributed by atoms with E-state index in [9.17, 15) is 0 Å². The van der Waals surface area contributed by atoms with Crippen molar-refractivity contribution in [3.05, 3.63) is 56.4 Å². The molecule has 1 atom stereocenters. The van der Waals surface area contributed by atoms with Crippen LogP contribution in [0.4, 0.5) is 0 Å². The van der Waals surface area contributed by atoms with E-state index in [-0.39, 0.29) is 6.04 Å². The fourth-order valence-electron chi connectivity index (χ4n) is 2.47. The second-order valence-electron chi connectivity index (χ2n) is 5.21. The van der Waals surface area contributed by atoms with Gasteiger partial charge in [0.05, 0.1) is 0 Å². The minimum atomic E-state index is 0.0959. The number of rotatable bonds is 4. The zero-order chi connectivity index (χ0) is 15.0. The molecular formula is C17H18ClNOS. The topological polar surface area (TPSA) is 25.2 Å². The summed E-state index contributed by atoms with van der Waals surface area (Å²) in [7, 11) is 0. The van der Waals surface area contributed by atoms with Crippen LogP contribution < -0.4 is 5.32 Å². The van der Waals surface area contributed by atoms with Crippen molar-refractivity contribution in [1.29, 1.82) is 0 Å². The van der Waals surface area contributed by atoms with E-state index < -0.39 is 0 Å². The average Bonchev–Trinajstić information content (AvgIpc) is 2.99. The highest BCUT2D eigenvalue weighted by Gasteiger charge is 2.20. The van der Waals surface area contributed by atoms with Crippen LogP contribution in [0, 0.1) is 13.8 Å². The Labute approximate surface area is 133 Å². The van der Waals surface area contributed by atoms with Crippen LogP contribution in [0.2, 0.25) is 5.02 Å². The van der Waals surface area contributed by atoms with Crippen molar-refractivity contribution in [3.63, 3.8) is 0 Å². The molecule has 1 N–H and O–H groups in total. The van der Waals surface area contributed by atoms with Crippen molar-refractivity contribution in [2.45, 2.75) is 26.8 Å². The quantitative estimate of drug-likeness (QED) is 0.690. The van der Waals surface area contributed by atoms with E-state index in [1.807, 2.05) is 29.5 Å². The van der Waals surface area contributed by atoms with Gasteiger partial charge in [0.15, 0.2) is 0 Å². The highest BCUT2D eigenvalue weighted by atomic mass is 35.5. The lowest BCUT2D eigenvalue weighted by Crippen LogP contribution is -2.20. The summed E-state index contributed by atoms with van der Waals surface area (Å²) >= 11 is 7.88. The van der Waals surface area contributed by atoms with Crippen molar-refractivity contribution < 1.29 is 4.42 Å². The molecule has 110 valence electrons. The lowest BCUT2D eigenvalue weighted by molar-refractivity contribution is 0.481. The maximum Gasteiger partial charge on any atom is 0.134 e. The van der Waals surface area contributed by atoms with Gasteiger partial charge in [-0.1, -0.05) is 18.5 Å². The summed E-state index contributed by atoms with van der Waals surface area (Å²) in [6.07, 6.45) is 0. The van der Waals surface area contributed by atoms with Crippen molar-refractivity contribution in [1.82, 2.24) is 5.32 Å². The second kappa shape index (κ2) is 5.84. The maximum absolute atomic E-state index is 6.05. The summed E-state index contributed by atoms with van der Waals surface area (Å²) in [6, 6.07) is 10.1. The lowest BCUT2D eigenvalue weighted by Gasteiger charge is -2.13. The smallest absolute Gasteiger partial charge is 0.134 e. The Morgan fingerprint density at radius 3 is 2.71 bits per heavy atom. The summed E-state index contributed by atoms with van der Waals surface area (Å²) in [6.45, 7) is 7.31. The second-order valence-corrected chi connectivity index (χ2v) is 6.93. The summed E-state index contributed by atoms with van der Waals surface area (Å²) < 4.78 is 6.03. The van der Waals surface area contributed by atoms with E-state index in [1.165, 1.54) is 15.3 Å². The monoisotopic (exact) mass is 319 g/mol. The number of benzene rings is 1. The van der Waals surface area contributed by atoms with E-state index in [0.717, 1.165) is 28.3 Å². The average molecular weight is 320 g/mol. The molecule has 21 heavy (non-hydrogen) atoms. The summed E-state index contributed by atoms with van der Waals surface area (Å²) in [5.41, 5.74) is 2.21. The van der Waals surface area contributed by atoms with E-state index in [1.54, 1.807) is 0 Å². The molecule has 0 saturated carbocycles. The third-order valence-electron chi connectivity index (χ3n) is 3.66. The van der Waals surface area contributed by atoms with Gasteiger partial charge >= 0.3 is 0 Å². The molecule has 0 radical (unpaired) electrons. The molecule has 0 aliphatic heterocycles. The van der Waals surface area contributed by atoms with Crippen LogP contribution in [0.5, 0.6) is 0 Å². The number of thiophene rings is 1. The molecule has 2 heterocycles. The molecule has 0 amide bonds. The van der Waals surface area contributed by atoms with Crippen molar-refractivity contribution in [2.24, 2.45) is 0 Å².